The molecule has 1 aromatic rings. The average molecular weight is 235 g/mol. The van der Waals surface area contributed by atoms with Crippen LogP contribution in [0.15, 0.2) is 16.7 Å². The maximum Gasteiger partial charge on any atom is 0.123 e. The zero-order chi connectivity index (χ0) is 12.1. The molecule has 0 radical (unpaired) electrons. The molecule has 96 valence electrons. The molecule has 1 heterocycles. The second-order valence-corrected chi connectivity index (χ2v) is 5.30. The van der Waals surface area contributed by atoms with Gasteiger partial charge in [-0.3, -0.25) is 0 Å². The van der Waals surface area contributed by atoms with Crippen LogP contribution in [-0.2, 0) is 0 Å². The summed E-state index contributed by atoms with van der Waals surface area (Å²) in [7, 11) is 0. The fraction of sp³-hybridized carbons (Fsp3) is 0.733. The van der Waals surface area contributed by atoms with Gasteiger partial charge in [0.15, 0.2) is 0 Å². The van der Waals surface area contributed by atoms with Crippen molar-refractivity contribution in [2.24, 2.45) is 5.92 Å². The summed E-state index contributed by atoms with van der Waals surface area (Å²) < 4.78 is 5.71. The summed E-state index contributed by atoms with van der Waals surface area (Å²) in [5.74, 6) is 1.94. The Hall–Kier alpha value is -0.760. The summed E-state index contributed by atoms with van der Waals surface area (Å²) in [6, 6.07) is 2.52. The summed E-state index contributed by atoms with van der Waals surface area (Å²) in [6.45, 7) is 5.46. The average Bonchev–Trinajstić information content (AvgIpc) is 2.78. The Morgan fingerprint density at radius 2 is 2.12 bits per heavy atom. The fourth-order valence-electron chi connectivity index (χ4n) is 2.94. The summed E-state index contributed by atoms with van der Waals surface area (Å²) >= 11 is 0. The van der Waals surface area contributed by atoms with Crippen molar-refractivity contribution >= 4 is 0 Å². The molecule has 2 nitrogen and oxygen atoms in total. The fourth-order valence-corrected chi connectivity index (χ4v) is 2.94. The van der Waals surface area contributed by atoms with Gasteiger partial charge in [-0.25, -0.2) is 0 Å². The maximum atomic E-state index is 5.71. The van der Waals surface area contributed by atoms with Gasteiger partial charge in [0, 0.05) is 0 Å². The van der Waals surface area contributed by atoms with Gasteiger partial charge in [0.1, 0.15) is 5.76 Å². The highest BCUT2D eigenvalue weighted by Gasteiger charge is 2.27. The largest absolute Gasteiger partial charge is 0.467 e. The van der Waals surface area contributed by atoms with Crippen LogP contribution in [-0.4, -0.2) is 6.54 Å². The van der Waals surface area contributed by atoms with Gasteiger partial charge >= 0.3 is 0 Å². The van der Waals surface area contributed by atoms with E-state index in [1.807, 2.05) is 6.26 Å². The summed E-state index contributed by atoms with van der Waals surface area (Å²) in [5.41, 5.74) is 1.30. The first-order chi connectivity index (χ1) is 8.33. The van der Waals surface area contributed by atoms with Gasteiger partial charge in [0.2, 0.25) is 0 Å². The molecule has 0 aliphatic heterocycles. The molecule has 1 aliphatic carbocycles. The Morgan fingerprint density at radius 3 is 2.71 bits per heavy atom. The molecular formula is C15H25NO. The minimum absolute atomic E-state index is 0.435. The zero-order valence-corrected chi connectivity index (χ0v) is 11.2. The lowest BCUT2D eigenvalue weighted by atomic mass is 9.82. The van der Waals surface area contributed by atoms with Crippen molar-refractivity contribution in [2.45, 2.75) is 58.4 Å². The molecule has 1 unspecified atom stereocenters. The van der Waals surface area contributed by atoms with Gasteiger partial charge in [-0.05, 0) is 50.3 Å². The van der Waals surface area contributed by atoms with Crippen molar-refractivity contribution in [3.05, 3.63) is 23.7 Å². The van der Waals surface area contributed by atoms with Crippen LogP contribution in [0.3, 0.4) is 0 Å². The number of hydrogen-bond donors (Lipinski definition) is 1. The van der Waals surface area contributed by atoms with Crippen molar-refractivity contribution in [2.75, 3.05) is 6.54 Å². The van der Waals surface area contributed by atoms with E-state index in [2.05, 4.69) is 25.2 Å². The molecule has 2 rings (SSSR count). The number of furan rings is 1. The highest BCUT2D eigenvalue weighted by atomic mass is 16.3. The van der Waals surface area contributed by atoms with Crippen molar-refractivity contribution in [1.29, 1.82) is 0 Å². The molecule has 1 saturated carbocycles. The van der Waals surface area contributed by atoms with Crippen LogP contribution in [0.4, 0.5) is 0 Å². The first-order valence-corrected chi connectivity index (χ1v) is 7.10. The number of aryl methyl sites for hydroxylation is 1. The molecule has 0 spiro atoms. The van der Waals surface area contributed by atoms with E-state index in [1.165, 1.54) is 49.8 Å². The lowest BCUT2D eigenvalue weighted by Gasteiger charge is -2.30. The van der Waals surface area contributed by atoms with E-state index in [0.29, 0.717) is 6.04 Å². The zero-order valence-electron chi connectivity index (χ0n) is 11.2. The molecule has 1 aromatic heterocycles. The third-order valence-corrected chi connectivity index (χ3v) is 3.92. The van der Waals surface area contributed by atoms with Gasteiger partial charge in [-0.2, -0.15) is 0 Å². The molecule has 0 aromatic carbocycles. The van der Waals surface area contributed by atoms with Crippen LogP contribution >= 0.6 is 0 Å². The number of rotatable bonds is 5. The van der Waals surface area contributed by atoms with Gasteiger partial charge in [0.25, 0.3) is 0 Å². The topological polar surface area (TPSA) is 25.2 Å². The van der Waals surface area contributed by atoms with Crippen molar-refractivity contribution in [1.82, 2.24) is 5.32 Å². The third kappa shape index (κ3) is 3.12. The lowest BCUT2D eigenvalue weighted by molar-refractivity contribution is 0.243. The van der Waals surface area contributed by atoms with E-state index in [-0.39, 0.29) is 0 Å². The molecule has 17 heavy (non-hydrogen) atoms. The van der Waals surface area contributed by atoms with Crippen molar-refractivity contribution in [3.63, 3.8) is 0 Å². The minimum atomic E-state index is 0.435. The summed E-state index contributed by atoms with van der Waals surface area (Å²) in [6.07, 6.45) is 9.89. The lowest BCUT2D eigenvalue weighted by Crippen LogP contribution is -2.30. The van der Waals surface area contributed by atoms with Crippen LogP contribution in [0.1, 0.15) is 62.8 Å². The molecule has 0 saturated heterocycles. The SMILES string of the molecule is CCCNC(c1occc1C)C1CCCCC1. The molecule has 0 amide bonds. The third-order valence-electron chi connectivity index (χ3n) is 3.92. The summed E-state index contributed by atoms with van der Waals surface area (Å²) in [5, 5.41) is 3.69. The maximum absolute atomic E-state index is 5.71. The van der Waals surface area contributed by atoms with Gasteiger partial charge in [-0.1, -0.05) is 26.2 Å². The Balaban J connectivity index is 2.09. The van der Waals surface area contributed by atoms with E-state index in [4.69, 9.17) is 4.42 Å². The monoisotopic (exact) mass is 235 g/mol. The molecule has 1 aliphatic rings. The van der Waals surface area contributed by atoms with Crippen molar-refractivity contribution in [3.8, 4) is 0 Å². The van der Waals surface area contributed by atoms with Gasteiger partial charge in [-0.15, -0.1) is 0 Å². The Morgan fingerprint density at radius 1 is 1.35 bits per heavy atom. The van der Waals surface area contributed by atoms with Gasteiger partial charge in [0.05, 0.1) is 12.3 Å². The first-order valence-electron chi connectivity index (χ1n) is 7.10. The summed E-state index contributed by atoms with van der Waals surface area (Å²) in [4.78, 5) is 0. The second-order valence-electron chi connectivity index (χ2n) is 5.30. The Labute approximate surface area is 105 Å². The first kappa shape index (κ1) is 12.7. The predicted octanol–water partition coefficient (Wildman–Crippen LogP) is 4.21. The number of nitrogens with one attached hydrogen (secondary N) is 1. The normalized spacial score (nSPS) is 19.4. The van der Waals surface area contributed by atoms with Crippen molar-refractivity contribution < 1.29 is 4.42 Å². The molecule has 1 N–H and O–H groups in total. The van der Waals surface area contributed by atoms with E-state index in [0.717, 1.165) is 12.5 Å². The molecular weight excluding hydrogens is 210 g/mol. The highest BCUT2D eigenvalue weighted by Crippen LogP contribution is 2.35. The van der Waals surface area contributed by atoms with Crippen LogP contribution in [0, 0.1) is 12.8 Å². The molecule has 2 heteroatoms. The second kappa shape index (κ2) is 6.25. The van der Waals surface area contributed by atoms with E-state index >= 15 is 0 Å². The molecule has 0 bridgehead atoms. The molecule has 1 fully saturated rings. The standard InChI is InChI=1S/C15H25NO/c1-3-10-16-14(13-7-5-4-6-8-13)15-12(2)9-11-17-15/h9,11,13-14,16H,3-8,10H2,1-2H3. The van der Waals surface area contributed by atoms with E-state index in [1.54, 1.807) is 0 Å². The quantitative estimate of drug-likeness (QED) is 0.827. The van der Waals surface area contributed by atoms with E-state index in [9.17, 15) is 0 Å². The van der Waals surface area contributed by atoms with E-state index < -0.39 is 0 Å². The Kier molecular flexibility index (Phi) is 4.66. The predicted molar refractivity (Wildman–Crippen MR) is 71.1 cm³/mol. The van der Waals surface area contributed by atoms with Crippen LogP contribution < -0.4 is 5.32 Å². The smallest absolute Gasteiger partial charge is 0.123 e. The molecule has 1 atom stereocenters. The minimum Gasteiger partial charge on any atom is -0.467 e. The number of hydrogen-bond acceptors (Lipinski definition) is 2. The van der Waals surface area contributed by atoms with Crippen LogP contribution in [0.5, 0.6) is 0 Å². The van der Waals surface area contributed by atoms with Crippen LogP contribution in [0.2, 0.25) is 0 Å². The highest BCUT2D eigenvalue weighted by molar-refractivity contribution is 5.19. The van der Waals surface area contributed by atoms with Crippen LogP contribution in [0.25, 0.3) is 0 Å². The van der Waals surface area contributed by atoms with Gasteiger partial charge < -0.3 is 9.73 Å². The Bertz CT molecular complexity index is 325.